The van der Waals surface area contributed by atoms with E-state index in [1.165, 1.54) is 11.3 Å². The second kappa shape index (κ2) is 7.40. The van der Waals surface area contributed by atoms with Crippen molar-refractivity contribution < 1.29 is 9.53 Å². The molecule has 1 aromatic heterocycles. The van der Waals surface area contributed by atoms with Crippen LogP contribution in [-0.2, 0) is 4.74 Å². The van der Waals surface area contributed by atoms with Gasteiger partial charge in [-0.05, 0) is 19.1 Å². The van der Waals surface area contributed by atoms with Gasteiger partial charge in [0.15, 0.2) is 0 Å². The maximum Gasteiger partial charge on any atom is 0.263 e. The summed E-state index contributed by atoms with van der Waals surface area (Å²) in [4.78, 5) is 17.5. The Morgan fingerprint density at radius 1 is 1.48 bits per heavy atom. The average molecular weight is 352 g/mol. The molecular formula is C16H18ClN3O2S. The number of nitrogens with zero attached hydrogens (tertiary/aromatic N) is 1. The minimum Gasteiger partial charge on any atom is -0.374 e. The second-order valence-corrected chi connectivity index (χ2v) is 6.78. The highest BCUT2D eigenvalue weighted by atomic mass is 35.5. The molecule has 0 bridgehead atoms. The van der Waals surface area contributed by atoms with Gasteiger partial charge in [0.1, 0.15) is 9.88 Å². The molecule has 1 saturated heterocycles. The number of aryl methyl sites for hydroxylation is 1. The Morgan fingerprint density at radius 2 is 2.26 bits per heavy atom. The quantitative estimate of drug-likeness (QED) is 0.888. The first kappa shape index (κ1) is 16.4. The summed E-state index contributed by atoms with van der Waals surface area (Å²) >= 11 is 7.29. The lowest BCUT2D eigenvalue weighted by Crippen LogP contribution is -2.45. The molecule has 7 heteroatoms. The topological polar surface area (TPSA) is 63.2 Å². The molecule has 122 valence electrons. The zero-order chi connectivity index (χ0) is 16.2. The van der Waals surface area contributed by atoms with Crippen LogP contribution in [0.25, 0.3) is 10.6 Å². The van der Waals surface area contributed by atoms with Gasteiger partial charge in [-0.2, -0.15) is 0 Å². The van der Waals surface area contributed by atoms with Gasteiger partial charge in [0, 0.05) is 30.2 Å². The van der Waals surface area contributed by atoms with E-state index in [1.54, 1.807) is 0 Å². The Bertz CT molecular complexity index is 681. The smallest absolute Gasteiger partial charge is 0.263 e. The number of thiazole rings is 1. The molecule has 2 aromatic rings. The van der Waals surface area contributed by atoms with Crippen molar-refractivity contribution in [3.05, 3.63) is 39.9 Å². The molecule has 1 atom stereocenters. The number of morpholine rings is 1. The third kappa shape index (κ3) is 4.09. The van der Waals surface area contributed by atoms with E-state index < -0.39 is 0 Å². The van der Waals surface area contributed by atoms with E-state index in [1.807, 2.05) is 31.2 Å². The largest absolute Gasteiger partial charge is 0.374 e. The van der Waals surface area contributed by atoms with Crippen molar-refractivity contribution in [1.29, 1.82) is 0 Å². The van der Waals surface area contributed by atoms with Crippen molar-refractivity contribution in [2.45, 2.75) is 13.0 Å². The number of rotatable bonds is 4. The van der Waals surface area contributed by atoms with Gasteiger partial charge >= 0.3 is 0 Å². The molecule has 5 nitrogen and oxygen atoms in total. The van der Waals surface area contributed by atoms with E-state index in [2.05, 4.69) is 15.6 Å². The molecule has 2 heterocycles. The number of halogens is 1. The van der Waals surface area contributed by atoms with Crippen LogP contribution in [0.1, 0.15) is 15.4 Å². The SMILES string of the molecule is Cc1nc(-c2ccc(Cl)cc2)sc1C(=O)NC[C@H]1CNCCO1. The summed E-state index contributed by atoms with van der Waals surface area (Å²) in [6.07, 6.45) is 0.0247. The summed E-state index contributed by atoms with van der Waals surface area (Å²) < 4.78 is 5.58. The lowest BCUT2D eigenvalue weighted by atomic mass is 10.2. The summed E-state index contributed by atoms with van der Waals surface area (Å²) in [5.41, 5.74) is 1.70. The molecule has 3 rings (SSSR count). The Hall–Kier alpha value is -1.47. The van der Waals surface area contributed by atoms with Gasteiger partial charge in [-0.15, -0.1) is 11.3 Å². The van der Waals surface area contributed by atoms with Crippen LogP contribution in [0.4, 0.5) is 0 Å². The fourth-order valence-electron chi connectivity index (χ4n) is 2.36. The lowest BCUT2D eigenvalue weighted by Gasteiger charge is -2.23. The van der Waals surface area contributed by atoms with E-state index in [0.29, 0.717) is 23.1 Å². The van der Waals surface area contributed by atoms with Crippen molar-refractivity contribution >= 4 is 28.8 Å². The minimum atomic E-state index is -0.102. The molecule has 0 radical (unpaired) electrons. The summed E-state index contributed by atoms with van der Waals surface area (Å²) in [7, 11) is 0. The third-order valence-electron chi connectivity index (χ3n) is 3.59. The van der Waals surface area contributed by atoms with Gasteiger partial charge in [-0.3, -0.25) is 4.79 Å². The molecule has 2 N–H and O–H groups in total. The maximum absolute atomic E-state index is 12.4. The van der Waals surface area contributed by atoms with E-state index >= 15 is 0 Å². The summed E-state index contributed by atoms with van der Waals surface area (Å²) in [5, 5.41) is 7.67. The van der Waals surface area contributed by atoms with E-state index in [9.17, 15) is 4.79 Å². The molecule has 0 unspecified atom stereocenters. The maximum atomic E-state index is 12.4. The molecule has 0 aliphatic carbocycles. The highest BCUT2D eigenvalue weighted by molar-refractivity contribution is 7.17. The van der Waals surface area contributed by atoms with Crippen LogP contribution in [-0.4, -0.2) is 43.2 Å². The summed E-state index contributed by atoms with van der Waals surface area (Å²) in [6.45, 7) is 4.66. The molecule has 1 aliphatic rings. The average Bonchev–Trinajstić information content (AvgIpc) is 2.96. The number of benzene rings is 1. The van der Waals surface area contributed by atoms with E-state index in [4.69, 9.17) is 16.3 Å². The van der Waals surface area contributed by atoms with Crippen molar-refractivity contribution in [3.8, 4) is 10.6 Å². The van der Waals surface area contributed by atoms with Gasteiger partial charge < -0.3 is 15.4 Å². The Kier molecular flexibility index (Phi) is 5.27. The highest BCUT2D eigenvalue weighted by Gasteiger charge is 2.19. The molecule has 1 aromatic carbocycles. The standard InChI is InChI=1S/C16H18ClN3O2S/c1-10-14(15(21)19-9-13-8-18-6-7-22-13)23-16(20-10)11-2-4-12(17)5-3-11/h2-5,13,18H,6-9H2,1H3,(H,19,21)/t13-/m1/s1. The Balaban J connectivity index is 1.67. The fourth-order valence-corrected chi connectivity index (χ4v) is 3.47. The summed E-state index contributed by atoms with van der Waals surface area (Å²) in [5.74, 6) is -0.102. The number of ether oxygens (including phenoxy) is 1. The molecule has 23 heavy (non-hydrogen) atoms. The predicted octanol–water partition coefficient (Wildman–Crippen LogP) is 2.49. The van der Waals surface area contributed by atoms with Crippen LogP contribution in [0.15, 0.2) is 24.3 Å². The van der Waals surface area contributed by atoms with Crippen LogP contribution >= 0.6 is 22.9 Å². The number of amides is 1. The molecular weight excluding hydrogens is 334 g/mol. The Labute approximate surface area is 144 Å². The summed E-state index contributed by atoms with van der Waals surface area (Å²) in [6, 6.07) is 7.45. The molecule has 0 spiro atoms. The first-order valence-corrected chi connectivity index (χ1v) is 8.67. The van der Waals surface area contributed by atoms with Gasteiger partial charge in [0.05, 0.1) is 18.4 Å². The number of carbonyl (C=O) groups is 1. The Morgan fingerprint density at radius 3 is 2.96 bits per heavy atom. The zero-order valence-corrected chi connectivity index (χ0v) is 14.3. The van der Waals surface area contributed by atoms with Crippen molar-refractivity contribution in [2.75, 3.05) is 26.2 Å². The number of hydrogen-bond donors (Lipinski definition) is 2. The molecule has 0 saturated carbocycles. The highest BCUT2D eigenvalue weighted by Crippen LogP contribution is 2.28. The van der Waals surface area contributed by atoms with Gasteiger partial charge in [0.25, 0.3) is 5.91 Å². The van der Waals surface area contributed by atoms with Crippen molar-refractivity contribution in [3.63, 3.8) is 0 Å². The first-order valence-electron chi connectivity index (χ1n) is 7.47. The normalized spacial score (nSPS) is 17.9. The minimum absolute atomic E-state index is 0.0247. The van der Waals surface area contributed by atoms with Crippen molar-refractivity contribution in [1.82, 2.24) is 15.6 Å². The van der Waals surface area contributed by atoms with Crippen molar-refractivity contribution in [2.24, 2.45) is 0 Å². The molecule has 1 amide bonds. The van der Waals surface area contributed by atoms with Crippen LogP contribution < -0.4 is 10.6 Å². The molecule has 1 aliphatic heterocycles. The zero-order valence-electron chi connectivity index (χ0n) is 12.8. The van der Waals surface area contributed by atoms with Crippen LogP contribution in [0.2, 0.25) is 5.02 Å². The lowest BCUT2D eigenvalue weighted by molar-refractivity contribution is 0.0287. The van der Waals surface area contributed by atoms with Crippen LogP contribution in [0, 0.1) is 6.92 Å². The first-order chi connectivity index (χ1) is 11.1. The number of hydrogen-bond acceptors (Lipinski definition) is 5. The van der Waals surface area contributed by atoms with E-state index in [0.717, 1.165) is 29.4 Å². The number of aromatic nitrogens is 1. The van der Waals surface area contributed by atoms with Gasteiger partial charge in [-0.1, -0.05) is 23.7 Å². The van der Waals surface area contributed by atoms with Gasteiger partial charge in [-0.25, -0.2) is 4.98 Å². The number of carbonyl (C=O) groups excluding carboxylic acids is 1. The predicted molar refractivity (Wildman–Crippen MR) is 92.2 cm³/mol. The fraction of sp³-hybridized carbons (Fsp3) is 0.375. The van der Waals surface area contributed by atoms with E-state index in [-0.39, 0.29) is 12.0 Å². The third-order valence-corrected chi connectivity index (χ3v) is 5.05. The molecule has 1 fully saturated rings. The second-order valence-electron chi connectivity index (χ2n) is 5.35. The van der Waals surface area contributed by atoms with Crippen LogP contribution in [0.3, 0.4) is 0 Å². The van der Waals surface area contributed by atoms with Crippen LogP contribution in [0.5, 0.6) is 0 Å². The number of nitrogens with one attached hydrogen (secondary N) is 2. The van der Waals surface area contributed by atoms with Gasteiger partial charge in [0.2, 0.25) is 0 Å². The monoisotopic (exact) mass is 351 g/mol.